The molecule has 0 spiro atoms. The van der Waals surface area contributed by atoms with E-state index >= 15 is 0 Å². The second-order valence-corrected chi connectivity index (χ2v) is 5.72. The molecule has 108 valence electrons. The van der Waals surface area contributed by atoms with Crippen LogP contribution >= 0.6 is 0 Å². The third-order valence-corrected chi connectivity index (χ3v) is 3.18. The second-order valence-electron chi connectivity index (χ2n) is 5.72. The van der Waals surface area contributed by atoms with Gasteiger partial charge in [-0.2, -0.15) is 0 Å². The van der Waals surface area contributed by atoms with Gasteiger partial charge in [0, 0.05) is 0 Å². The third-order valence-electron chi connectivity index (χ3n) is 3.18. The molecule has 0 atom stereocenters. The molecule has 0 bridgehead atoms. The van der Waals surface area contributed by atoms with Gasteiger partial charge in [0.2, 0.25) is 0 Å². The molecule has 20 heavy (non-hydrogen) atoms. The first kappa shape index (κ1) is 16.2. The lowest BCUT2D eigenvalue weighted by Gasteiger charge is -2.21. The molecule has 2 nitrogen and oxygen atoms in total. The van der Waals surface area contributed by atoms with E-state index in [1.165, 1.54) is 6.26 Å². The Hall–Kier alpha value is -1.83. The van der Waals surface area contributed by atoms with Crippen LogP contribution in [0.3, 0.4) is 0 Å². The van der Waals surface area contributed by atoms with Crippen LogP contribution in [0.15, 0.2) is 55.3 Å². The summed E-state index contributed by atoms with van der Waals surface area (Å²) in [6, 6.07) is 9.61. The van der Waals surface area contributed by atoms with Crippen LogP contribution in [0.1, 0.15) is 38.7 Å². The number of carbonyl (C=O) groups is 1. The van der Waals surface area contributed by atoms with Crippen molar-refractivity contribution in [2.24, 2.45) is 5.41 Å². The first-order valence-electron chi connectivity index (χ1n) is 7.03. The van der Waals surface area contributed by atoms with Crippen LogP contribution in [0.5, 0.6) is 0 Å². The summed E-state index contributed by atoms with van der Waals surface area (Å²) < 4.78 is 5.11. The molecule has 0 aliphatic rings. The van der Waals surface area contributed by atoms with Crippen LogP contribution in [0.2, 0.25) is 0 Å². The number of carbonyl (C=O) groups excluding carboxylic acids is 1. The summed E-state index contributed by atoms with van der Waals surface area (Å²) in [5.41, 5.74) is 1.17. The maximum absolute atomic E-state index is 11.6. The highest BCUT2D eigenvalue weighted by Gasteiger charge is 2.14. The predicted molar refractivity (Wildman–Crippen MR) is 83.2 cm³/mol. The summed E-state index contributed by atoms with van der Waals surface area (Å²) in [5, 5.41) is 0. The topological polar surface area (TPSA) is 26.3 Å². The Kier molecular flexibility index (Phi) is 6.78. The van der Waals surface area contributed by atoms with Crippen molar-refractivity contribution in [2.45, 2.75) is 39.5 Å². The number of hydrogen-bond acceptors (Lipinski definition) is 2. The Labute approximate surface area is 122 Å². The Morgan fingerprint density at radius 2 is 2.00 bits per heavy atom. The molecular weight excluding hydrogens is 248 g/mol. The number of esters is 1. The van der Waals surface area contributed by atoms with Crippen molar-refractivity contribution in [1.29, 1.82) is 0 Å². The van der Waals surface area contributed by atoms with Crippen molar-refractivity contribution < 1.29 is 9.53 Å². The number of rotatable bonds is 8. The Bertz CT molecular complexity index is 444. The van der Waals surface area contributed by atoms with Gasteiger partial charge in [0.15, 0.2) is 0 Å². The molecule has 0 amide bonds. The van der Waals surface area contributed by atoms with Gasteiger partial charge in [-0.25, -0.2) is 0 Å². The number of hydrogen-bond donors (Lipinski definition) is 0. The fourth-order valence-electron chi connectivity index (χ4n) is 1.89. The van der Waals surface area contributed by atoms with E-state index in [0.717, 1.165) is 24.8 Å². The highest BCUT2D eigenvalue weighted by Crippen LogP contribution is 2.27. The molecule has 0 fully saturated rings. The Balaban J connectivity index is 2.30. The largest absolute Gasteiger partial charge is 0.435 e. The molecule has 0 aliphatic carbocycles. The quantitative estimate of drug-likeness (QED) is 0.390. The van der Waals surface area contributed by atoms with Gasteiger partial charge >= 0.3 is 5.97 Å². The third kappa shape index (κ3) is 6.93. The maximum atomic E-state index is 11.6. The highest BCUT2D eigenvalue weighted by atomic mass is 16.5. The van der Waals surface area contributed by atoms with Crippen molar-refractivity contribution in [3.05, 3.63) is 60.9 Å². The lowest BCUT2D eigenvalue weighted by atomic mass is 9.84. The summed E-state index contributed by atoms with van der Waals surface area (Å²) in [6.45, 7) is 8.14. The molecule has 0 radical (unpaired) electrons. The zero-order valence-corrected chi connectivity index (χ0v) is 12.5. The van der Waals surface area contributed by atoms with Crippen molar-refractivity contribution >= 4 is 5.97 Å². The molecule has 1 aromatic rings. The van der Waals surface area contributed by atoms with Gasteiger partial charge < -0.3 is 4.74 Å². The molecule has 0 unspecified atom stereocenters. The molecule has 0 aliphatic heterocycles. The van der Waals surface area contributed by atoms with Crippen LogP contribution in [-0.2, 0) is 16.0 Å². The minimum Gasteiger partial charge on any atom is -0.435 e. The molecule has 0 saturated heterocycles. The van der Waals surface area contributed by atoms with Crippen LogP contribution in [0.25, 0.3) is 0 Å². The van der Waals surface area contributed by atoms with Crippen molar-refractivity contribution in [1.82, 2.24) is 0 Å². The molecule has 0 saturated carbocycles. The number of benzene rings is 1. The van der Waals surface area contributed by atoms with E-state index in [0.29, 0.717) is 6.42 Å². The van der Waals surface area contributed by atoms with E-state index in [1.807, 2.05) is 42.5 Å². The molecule has 0 aromatic heterocycles. The molecule has 2 heteroatoms. The van der Waals surface area contributed by atoms with E-state index in [-0.39, 0.29) is 11.4 Å². The second kappa shape index (κ2) is 8.36. The first-order valence-corrected chi connectivity index (χ1v) is 7.03. The zero-order chi connectivity index (χ0) is 14.8. The van der Waals surface area contributed by atoms with Gasteiger partial charge in [0.05, 0.1) is 12.7 Å². The van der Waals surface area contributed by atoms with E-state index in [9.17, 15) is 4.79 Å². The van der Waals surface area contributed by atoms with Gasteiger partial charge in [-0.1, -0.05) is 50.3 Å². The van der Waals surface area contributed by atoms with Crippen molar-refractivity contribution in [3.8, 4) is 0 Å². The Morgan fingerprint density at radius 3 is 2.65 bits per heavy atom. The van der Waals surface area contributed by atoms with Crippen molar-refractivity contribution in [2.75, 3.05) is 0 Å². The van der Waals surface area contributed by atoms with Gasteiger partial charge in [0.1, 0.15) is 0 Å². The zero-order valence-electron chi connectivity index (χ0n) is 12.5. The van der Waals surface area contributed by atoms with E-state index in [1.54, 1.807) is 0 Å². The molecule has 1 rings (SSSR count). The average Bonchev–Trinajstić information content (AvgIpc) is 2.43. The highest BCUT2D eigenvalue weighted by molar-refractivity contribution is 5.73. The SMILES string of the molecule is C=CCCC(C)(C)C/C=C/OC(=O)Cc1ccccc1. The van der Waals surface area contributed by atoms with Crippen LogP contribution in [-0.4, -0.2) is 5.97 Å². The van der Waals surface area contributed by atoms with Crippen LogP contribution < -0.4 is 0 Å². The average molecular weight is 272 g/mol. The minimum absolute atomic E-state index is 0.205. The maximum Gasteiger partial charge on any atom is 0.315 e. The molecule has 0 N–H and O–H groups in total. The first-order chi connectivity index (χ1) is 9.53. The normalized spacial score (nSPS) is 11.5. The van der Waals surface area contributed by atoms with Gasteiger partial charge in [-0.15, -0.1) is 6.58 Å². The monoisotopic (exact) mass is 272 g/mol. The summed E-state index contributed by atoms with van der Waals surface area (Å²) in [4.78, 5) is 11.6. The van der Waals surface area contributed by atoms with Crippen LogP contribution in [0, 0.1) is 5.41 Å². The summed E-state index contributed by atoms with van der Waals surface area (Å²) in [7, 11) is 0. The summed E-state index contributed by atoms with van der Waals surface area (Å²) in [5.74, 6) is -0.226. The standard InChI is InChI=1S/C18H24O2/c1-4-5-12-18(2,3)13-9-14-20-17(19)15-16-10-7-6-8-11-16/h4,6-11,14H,1,5,12-13,15H2,2-3H3/b14-9+. The predicted octanol–water partition coefficient (Wildman–Crippen LogP) is 4.67. The molecule has 0 heterocycles. The van der Waals surface area contributed by atoms with Gasteiger partial charge in [-0.3, -0.25) is 4.79 Å². The number of allylic oxidation sites excluding steroid dienone is 2. The molecule has 1 aromatic carbocycles. The van der Waals surface area contributed by atoms with E-state index in [4.69, 9.17) is 4.74 Å². The minimum atomic E-state index is -0.226. The van der Waals surface area contributed by atoms with E-state index in [2.05, 4.69) is 20.4 Å². The van der Waals surface area contributed by atoms with Crippen molar-refractivity contribution in [3.63, 3.8) is 0 Å². The fourth-order valence-corrected chi connectivity index (χ4v) is 1.89. The summed E-state index contributed by atoms with van der Waals surface area (Å²) in [6.07, 6.45) is 8.66. The summed E-state index contributed by atoms with van der Waals surface area (Å²) >= 11 is 0. The van der Waals surface area contributed by atoms with E-state index < -0.39 is 0 Å². The molecular formula is C18H24O2. The van der Waals surface area contributed by atoms with Gasteiger partial charge in [-0.05, 0) is 36.3 Å². The smallest absolute Gasteiger partial charge is 0.315 e. The fraction of sp³-hybridized carbons (Fsp3) is 0.389. The van der Waals surface area contributed by atoms with Crippen LogP contribution in [0.4, 0.5) is 0 Å². The Morgan fingerprint density at radius 1 is 1.30 bits per heavy atom. The number of ether oxygens (including phenoxy) is 1. The lowest BCUT2D eigenvalue weighted by molar-refractivity contribution is -0.137. The van der Waals surface area contributed by atoms with Gasteiger partial charge in [0.25, 0.3) is 0 Å². The lowest BCUT2D eigenvalue weighted by Crippen LogP contribution is -2.09.